The lowest BCUT2D eigenvalue weighted by Crippen LogP contribution is -2.55. The van der Waals surface area contributed by atoms with E-state index < -0.39 is 5.60 Å². The lowest BCUT2D eigenvalue weighted by atomic mass is 10.0. The number of unbranched alkanes of at least 4 members (excludes halogenated alkanes) is 2. The Hall–Kier alpha value is -1.81. The standard InChI is InChI=1S/C24H38N2O2/c1-5-6-7-8-9-13-16-22-20-25(19-21-14-11-10-12-15-21)17-18-26(22)23(27)28-24(2,3)4/h6-7,10-12,14-15,22H,5,8-9,13,16-20H2,1-4H3/b7-6+/t22-/m1/s1. The Morgan fingerprint density at radius 2 is 1.89 bits per heavy atom. The zero-order chi connectivity index (χ0) is 20.4. The van der Waals surface area contributed by atoms with Gasteiger partial charge in [-0.05, 0) is 52.0 Å². The maximum absolute atomic E-state index is 12.7. The number of hydrogen-bond donors (Lipinski definition) is 0. The Morgan fingerprint density at radius 1 is 1.14 bits per heavy atom. The summed E-state index contributed by atoms with van der Waals surface area (Å²) in [5.41, 5.74) is 0.880. The predicted molar refractivity (Wildman–Crippen MR) is 116 cm³/mol. The molecule has 0 unspecified atom stereocenters. The monoisotopic (exact) mass is 386 g/mol. The number of nitrogens with zero attached hydrogens (tertiary/aromatic N) is 2. The highest BCUT2D eigenvalue weighted by Gasteiger charge is 2.32. The van der Waals surface area contributed by atoms with Crippen molar-refractivity contribution in [2.45, 2.75) is 78.0 Å². The van der Waals surface area contributed by atoms with Gasteiger partial charge in [-0.3, -0.25) is 4.90 Å². The van der Waals surface area contributed by atoms with E-state index in [4.69, 9.17) is 4.74 Å². The molecular weight excluding hydrogens is 348 g/mol. The molecule has 2 rings (SSSR count). The average Bonchev–Trinajstić information content (AvgIpc) is 2.64. The third-order valence-corrected chi connectivity index (χ3v) is 5.00. The molecule has 0 aliphatic carbocycles. The smallest absolute Gasteiger partial charge is 0.410 e. The number of piperazine rings is 1. The summed E-state index contributed by atoms with van der Waals surface area (Å²) in [6.07, 6.45) is 9.91. The van der Waals surface area contributed by atoms with E-state index in [9.17, 15) is 4.79 Å². The third kappa shape index (κ3) is 8.05. The van der Waals surface area contributed by atoms with Crippen molar-refractivity contribution in [2.24, 2.45) is 0 Å². The van der Waals surface area contributed by atoms with Gasteiger partial charge in [-0.25, -0.2) is 4.79 Å². The summed E-state index contributed by atoms with van der Waals surface area (Å²) < 4.78 is 5.68. The molecule has 0 bridgehead atoms. The van der Waals surface area contributed by atoms with Crippen molar-refractivity contribution in [1.29, 1.82) is 0 Å². The lowest BCUT2D eigenvalue weighted by Gasteiger charge is -2.42. The van der Waals surface area contributed by atoms with Crippen LogP contribution in [0.3, 0.4) is 0 Å². The highest BCUT2D eigenvalue weighted by molar-refractivity contribution is 5.68. The summed E-state index contributed by atoms with van der Waals surface area (Å²) in [7, 11) is 0. The fourth-order valence-electron chi connectivity index (χ4n) is 3.64. The Morgan fingerprint density at radius 3 is 2.57 bits per heavy atom. The van der Waals surface area contributed by atoms with Crippen LogP contribution in [-0.2, 0) is 11.3 Å². The molecule has 0 saturated carbocycles. The van der Waals surface area contributed by atoms with Crippen molar-refractivity contribution in [3.05, 3.63) is 48.0 Å². The van der Waals surface area contributed by atoms with Crippen LogP contribution >= 0.6 is 0 Å². The molecule has 0 N–H and O–H groups in total. The molecule has 0 spiro atoms. The maximum atomic E-state index is 12.7. The van der Waals surface area contributed by atoms with Crippen molar-refractivity contribution < 1.29 is 9.53 Å². The Bertz CT molecular complexity index is 607. The molecule has 1 fully saturated rings. The van der Waals surface area contributed by atoms with E-state index in [1.54, 1.807) is 0 Å². The molecule has 1 aromatic carbocycles. The summed E-state index contributed by atoms with van der Waals surface area (Å²) >= 11 is 0. The molecule has 1 aliphatic rings. The molecule has 1 amide bonds. The minimum absolute atomic E-state index is 0.164. The maximum Gasteiger partial charge on any atom is 0.410 e. The highest BCUT2D eigenvalue weighted by atomic mass is 16.6. The average molecular weight is 387 g/mol. The first-order chi connectivity index (χ1) is 13.4. The normalized spacial score (nSPS) is 18.6. The van der Waals surface area contributed by atoms with Gasteiger partial charge in [-0.2, -0.15) is 0 Å². The molecule has 1 aromatic rings. The number of allylic oxidation sites excluding steroid dienone is 2. The number of amides is 1. The molecule has 156 valence electrons. The van der Waals surface area contributed by atoms with Crippen LogP contribution in [0.1, 0.15) is 65.4 Å². The zero-order valence-corrected chi connectivity index (χ0v) is 18.2. The van der Waals surface area contributed by atoms with Gasteiger partial charge in [-0.1, -0.05) is 55.8 Å². The molecule has 0 aromatic heterocycles. The summed E-state index contributed by atoms with van der Waals surface area (Å²) in [5, 5.41) is 0. The largest absolute Gasteiger partial charge is 0.444 e. The van der Waals surface area contributed by atoms with E-state index in [-0.39, 0.29) is 12.1 Å². The molecule has 1 atom stereocenters. The molecule has 4 heteroatoms. The number of carbonyl (C=O) groups excluding carboxylic acids is 1. The van der Waals surface area contributed by atoms with Crippen LogP contribution in [0.5, 0.6) is 0 Å². The number of hydrogen-bond acceptors (Lipinski definition) is 3. The number of rotatable bonds is 8. The second-order valence-electron chi connectivity index (χ2n) is 8.71. The summed E-state index contributed by atoms with van der Waals surface area (Å²) in [5.74, 6) is 0. The van der Waals surface area contributed by atoms with Gasteiger partial charge in [0.1, 0.15) is 5.60 Å². The highest BCUT2D eigenvalue weighted by Crippen LogP contribution is 2.21. The SMILES string of the molecule is CC/C=C/CCCC[C@@H]1CN(Cc2ccccc2)CCN1C(=O)OC(C)(C)C. The van der Waals surface area contributed by atoms with E-state index in [0.717, 1.165) is 51.9 Å². The fourth-order valence-corrected chi connectivity index (χ4v) is 3.64. The topological polar surface area (TPSA) is 32.8 Å². The third-order valence-electron chi connectivity index (χ3n) is 5.00. The van der Waals surface area contributed by atoms with Gasteiger partial charge in [0.05, 0.1) is 0 Å². The summed E-state index contributed by atoms with van der Waals surface area (Å²) in [6, 6.07) is 10.8. The number of carbonyl (C=O) groups is 1. The molecular formula is C24H38N2O2. The first-order valence-corrected chi connectivity index (χ1v) is 10.8. The van der Waals surface area contributed by atoms with Crippen molar-refractivity contribution in [1.82, 2.24) is 9.80 Å². The first-order valence-electron chi connectivity index (χ1n) is 10.8. The van der Waals surface area contributed by atoms with Crippen molar-refractivity contribution in [2.75, 3.05) is 19.6 Å². The number of ether oxygens (including phenoxy) is 1. The van der Waals surface area contributed by atoms with Crippen LogP contribution in [0.15, 0.2) is 42.5 Å². The molecule has 1 heterocycles. The van der Waals surface area contributed by atoms with Gasteiger partial charge in [0.25, 0.3) is 0 Å². The molecule has 28 heavy (non-hydrogen) atoms. The van der Waals surface area contributed by atoms with Crippen LogP contribution in [0.2, 0.25) is 0 Å². The molecule has 0 radical (unpaired) electrons. The van der Waals surface area contributed by atoms with Gasteiger partial charge in [0.2, 0.25) is 0 Å². The van der Waals surface area contributed by atoms with E-state index in [2.05, 4.69) is 54.3 Å². The molecule has 4 nitrogen and oxygen atoms in total. The van der Waals surface area contributed by atoms with Crippen molar-refractivity contribution in [3.8, 4) is 0 Å². The number of benzene rings is 1. The van der Waals surface area contributed by atoms with Gasteiger partial charge in [0.15, 0.2) is 0 Å². The second-order valence-corrected chi connectivity index (χ2v) is 8.71. The van der Waals surface area contributed by atoms with Gasteiger partial charge >= 0.3 is 6.09 Å². The first kappa shape index (κ1) is 22.5. The van der Waals surface area contributed by atoms with Gasteiger partial charge in [0, 0.05) is 32.2 Å². The fraction of sp³-hybridized carbons (Fsp3) is 0.625. The lowest BCUT2D eigenvalue weighted by molar-refractivity contribution is -0.00412. The Kier molecular flexibility index (Phi) is 9.04. The quantitative estimate of drug-likeness (QED) is 0.428. The van der Waals surface area contributed by atoms with E-state index in [1.807, 2.05) is 25.7 Å². The zero-order valence-electron chi connectivity index (χ0n) is 18.2. The van der Waals surface area contributed by atoms with Crippen molar-refractivity contribution >= 4 is 6.09 Å². The van der Waals surface area contributed by atoms with Crippen LogP contribution in [0, 0.1) is 0 Å². The minimum atomic E-state index is -0.451. The van der Waals surface area contributed by atoms with Crippen LogP contribution in [0.4, 0.5) is 4.79 Å². The predicted octanol–water partition coefficient (Wildman–Crippen LogP) is 5.63. The van der Waals surface area contributed by atoms with Crippen LogP contribution in [-0.4, -0.2) is 47.2 Å². The van der Waals surface area contributed by atoms with E-state index in [0.29, 0.717) is 0 Å². The molecule has 1 saturated heterocycles. The van der Waals surface area contributed by atoms with Crippen molar-refractivity contribution in [3.63, 3.8) is 0 Å². The van der Waals surface area contributed by atoms with Crippen LogP contribution < -0.4 is 0 Å². The van der Waals surface area contributed by atoms with E-state index in [1.165, 1.54) is 12.0 Å². The van der Waals surface area contributed by atoms with Gasteiger partial charge < -0.3 is 9.64 Å². The van der Waals surface area contributed by atoms with Crippen LogP contribution in [0.25, 0.3) is 0 Å². The second kappa shape index (κ2) is 11.3. The summed E-state index contributed by atoms with van der Waals surface area (Å²) in [6.45, 7) is 11.5. The Balaban J connectivity index is 1.95. The minimum Gasteiger partial charge on any atom is -0.444 e. The molecule has 1 aliphatic heterocycles. The summed E-state index contributed by atoms with van der Waals surface area (Å²) in [4.78, 5) is 17.2. The Labute approximate surface area is 171 Å². The van der Waals surface area contributed by atoms with Gasteiger partial charge in [-0.15, -0.1) is 0 Å². The van der Waals surface area contributed by atoms with E-state index >= 15 is 0 Å².